The summed E-state index contributed by atoms with van der Waals surface area (Å²) in [7, 11) is 0. The summed E-state index contributed by atoms with van der Waals surface area (Å²) in [6.07, 6.45) is 9.35. The van der Waals surface area contributed by atoms with Crippen LogP contribution >= 0.6 is 11.3 Å². The second-order valence-corrected chi connectivity index (χ2v) is 6.45. The highest BCUT2D eigenvalue weighted by molar-refractivity contribution is 7.13. The van der Waals surface area contributed by atoms with Crippen molar-refractivity contribution in [2.24, 2.45) is 5.92 Å². The molecule has 1 aliphatic carbocycles. The third kappa shape index (κ3) is 2.84. The van der Waals surface area contributed by atoms with Gasteiger partial charge in [-0.1, -0.05) is 44.6 Å². The van der Waals surface area contributed by atoms with Gasteiger partial charge in [-0.05, 0) is 23.8 Å². The third-order valence-corrected chi connectivity index (χ3v) is 4.99. The Morgan fingerprint density at radius 3 is 2.74 bits per heavy atom. The Morgan fingerprint density at radius 2 is 2.05 bits per heavy atom. The predicted octanol–water partition coefficient (Wildman–Crippen LogP) is 4.23. The summed E-state index contributed by atoms with van der Waals surface area (Å²) in [6.45, 7) is 0. The van der Waals surface area contributed by atoms with E-state index >= 15 is 0 Å². The van der Waals surface area contributed by atoms with E-state index in [0.29, 0.717) is 5.82 Å². The van der Waals surface area contributed by atoms with Gasteiger partial charge in [-0.3, -0.25) is 5.10 Å². The maximum Gasteiger partial charge on any atom is 0.154 e. The zero-order valence-electron chi connectivity index (χ0n) is 11.2. The zero-order chi connectivity index (χ0) is 13.1. The van der Waals surface area contributed by atoms with E-state index in [1.165, 1.54) is 49.1 Å². The number of anilines is 1. The number of aromatic amines is 1. The van der Waals surface area contributed by atoms with E-state index in [2.05, 4.69) is 27.7 Å². The van der Waals surface area contributed by atoms with Crippen LogP contribution in [-0.4, -0.2) is 10.2 Å². The topological polar surface area (TPSA) is 54.7 Å². The van der Waals surface area contributed by atoms with Crippen LogP contribution in [0, 0.1) is 5.92 Å². The number of aromatic nitrogens is 2. The third-order valence-electron chi connectivity index (χ3n) is 4.10. The molecule has 0 atom stereocenters. The van der Waals surface area contributed by atoms with Gasteiger partial charge in [0.05, 0.1) is 5.56 Å². The Morgan fingerprint density at radius 1 is 1.26 bits per heavy atom. The standard InChI is InChI=1S/C15H21N3S/c16-15-14(13-8-5-9-19-13)12(17-18-15)10-11-6-3-1-2-4-7-11/h5,8-9,11H,1-4,6-7,10H2,(H3,16,17,18). The van der Waals surface area contributed by atoms with Gasteiger partial charge in [-0.25, -0.2) is 0 Å². The fourth-order valence-corrected chi connectivity index (χ4v) is 3.90. The maximum absolute atomic E-state index is 6.03. The van der Waals surface area contributed by atoms with Gasteiger partial charge in [-0.15, -0.1) is 11.3 Å². The molecule has 2 heterocycles. The first-order valence-electron chi connectivity index (χ1n) is 7.21. The molecule has 0 aliphatic heterocycles. The van der Waals surface area contributed by atoms with Crippen molar-refractivity contribution in [2.75, 3.05) is 5.73 Å². The van der Waals surface area contributed by atoms with Gasteiger partial charge in [-0.2, -0.15) is 5.10 Å². The fourth-order valence-electron chi connectivity index (χ4n) is 3.09. The lowest BCUT2D eigenvalue weighted by atomic mass is 9.93. The Balaban J connectivity index is 1.81. The van der Waals surface area contributed by atoms with Crippen molar-refractivity contribution in [2.45, 2.75) is 44.9 Å². The van der Waals surface area contributed by atoms with Crippen molar-refractivity contribution >= 4 is 17.2 Å². The molecular formula is C15H21N3S. The minimum atomic E-state index is 0.645. The van der Waals surface area contributed by atoms with E-state index in [1.54, 1.807) is 11.3 Å². The molecule has 0 bridgehead atoms. The Bertz CT molecular complexity index is 507. The average molecular weight is 275 g/mol. The predicted molar refractivity (Wildman–Crippen MR) is 81.2 cm³/mol. The van der Waals surface area contributed by atoms with Crippen LogP contribution in [0.5, 0.6) is 0 Å². The molecule has 0 radical (unpaired) electrons. The van der Waals surface area contributed by atoms with Crippen molar-refractivity contribution in [3.05, 3.63) is 23.2 Å². The first kappa shape index (κ1) is 12.7. The first-order chi connectivity index (χ1) is 9.34. The van der Waals surface area contributed by atoms with E-state index in [-0.39, 0.29) is 0 Å². The quantitative estimate of drug-likeness (QED) is 0.823. The lowest BCUT2D eigenvalue weighted by molar-refractivity contribution is 0.453. The Hall–Kier alpha value is -1.29. The van der Waals surface area contributed by atoms with E-state index in [0.717, 1.165) is 17.9 Å². The molecule has 3 N–H and O–H groups in total. The molecule has 2 aromatic heterocycles. The number of rotatable bonds is 3. The van der Waals surface area contributed by atoms with Crippen LogP contribution in [0.3, 0.4) is 0 Å². The summed E-state index contributed by atoms with van der Waals surface area (Å²) < 4.78 is 0. The first-order valence-corrected chi connectivity index (χ1v) is 8.09. The molecule has 3 nitrogen and oxygen atoms in total. The summed E-state index contributed by atoms with van der Waals surface area (Å²) in [5.74, 6) is 1.44. The second kappa shape index (κ2) is 5.78. The molecule has 1 aliphatic rings. The minimum Gasteiger partial charge on any atom is -0.382 e. The molecular weight excluding hydrogens is 254 g/mol. The lowest BCUT2D eigenvalue weighted by Crippen LogP contribution is -2.04. The van der Waals surface area contributed by atoms with Gasteiger partial charge in [0.2, 0.25) is 0 Å². The average Bonchev–Trinajstić information content (AvgIpc) is 2.95. The minimum absolute atomic E-state index is 0.645. The van der Waals surface area contributed by atoms with E-state index in [4.69, 9.17) is 5.73 Å². The molecule has 19 heavy (non-hydrogen) atoms. The highest BCUT2D eigenvalue weighted by Gasteiger charge is 2.19. The molecule has 0 saturated heterocycles. The van der Waals surface area contributed by atoms with Gasteiger partial charge >= 0.3 is 0 Å². The molecule has 0 spiro atoms. The smallest absolute Gasteiger partial charge is 0.154 e. The monoisotopic (exact) mass is 275 g/mol. The number of H-pyrrole nitrogens is 1. The number of nitrogen functional groups attached to an aromatic ring is 1. The molecule has 3 rings (SSSR count). The molecule has 4 heteroatoms. The van der Waals surface area contributed by atoms with Crippen LogP contribution in [0.2, 0.25) is 0 Å². The van der Waals surface area contributed by atoms with Crippen molar-refractivity contribution in [1.82, 2.24) is 10.2 Å². The zero-order valence-corrected chi connectivity index (χ0v) is 12.0. The van der Waals surface area contributed by atoms with E-state index in [9.17, 15) is 0 Å². The molecule has 102 valence electrons. The van der Waals surface area contributed by atoms with Gasteiger partial charge in [0.25, 0.3) is 0 Å². The van der Waals surface area contributed by atoms with Crippen molar-refractivity contribution in [1.29, 1.82) is 0 Å². The number of nitrogens with two attached hydrogens (primary N) is 1. The van der Waals surface area contributed by atoms with Crippen LogP contribution in [0.4, 0.5) is 5.82 Å². The van der Waals surface area contributed by atoms with Crippen LogP contribution in [0.1, 0.15) is 44.2 Å². The van der Waals surface area contributed by atoms with Crippen LogP contribution in [0.15, 0.2) is 17.5 Å². The van der Waals surface area contributed by atoms with Crippen molar-refractivity contribution < 1.29 is 0 Å². The number of hydrogen-bond acceptors (Lipinski definition) is 3. The van der Waals surface area contributed by atoms with E-state index in [1.807, 2.05) is 0 Å². The molecule has 0 aromatic carbocycles. The van der Waals surface area contributed by atoms with Gasteiger partial charge in [0.1, 0.15) is 0 Å². The van der Waals surface area contributed by atoms with Gasteiger partial charge in [0, 0.05) is 10.6 Å². The van der Waals surface area contributed by atoms with Crippen LogP contribution in [0.25, 0.3) is 10.4 Å². The Labute approximate surface area is 118 Å². The summed E-state index contributed by atoms with van der Waals surface area (Å²) in [5, 5.41) is 9.48. The SMILES string of the molecule is Nc1n[nH]c(CC2CCCCCC2)c1-c1cccs1. The number of nitrogens with zero attached hydrogens (tertiary/aromatic N) is 1. The maximum atomic E-state index is 6.03. The van der Waals surface area contributed by atoms with Gasteiger partial charge in [0.15, 0.2) is 5.82 Å². The highest BCUT2D eigenvalue weighted by atomic mass is 32.1. The van der Waals surface area contributed by atoms with Crippen LogP contribution in [-0.2, 0) is 6.42 Å². The molecule has 1 saturated carbocycles. The lowest BCUT2D eigenvalue weighted by Gasteiger charge is -2.13. The van der Waals surface area contributed by atoms with Crippen molar-refractivity contribution in [3.63, 3.8) is 0 Å². The van der Waals surface area contributed by atoms with Crippen molar-refractivity contribution in [3.8, 4) is 10.4 Å². The highest BCUT2D eigenvalue weighted by Crippen LogP contribution is 2.34. The molecule has 2 aromatic rings. The number of hydrogen-bond donors (Lipinski definition) is 2. The second-order valence-electron chi connectivity index (χ2n) is 5.50. The summed E-state index contributed by atoms with van der Waals surface area (Å²) >= 11 is 1.74. The number of nitrogens with one attached hydrogen (secondary N) is 1. The summed E-state index contributed by atoms with van der Waals surface area (Å²) in [6, 6.07) is 4.20. The fraction of sp³-hybridized carbons (Fsp3) is 0.533. The largest absolute Gasteiger partial charge is 0.382 e. The summed E-state index contributed by atoms with van der Waals surface area (Å²) in [4.78, 5) is 1.23. The molecule has 0 unspecified atom stereocenters. The molecule has 0 amide bonds. The van der Waals surface area contributed by atoms with E-state index < -0.39 is 0 Å². The summed E-state index contributed by atoms with van der Waals surface area (Å²) in [5.41, 5.74) is 8.40. The normalized spacial score (nSPS) is 17.5. The molecule has 1 fully saturated rings. The van der Waals surface area contributed by atoms with Crippen LogP contribution < -0.4 is 5.73 Å². The number of thiophene rings is 1. The van der Waals surface area contributed by atoms with Gasteiger partial charge < -0.3 is 5.73 Å². The Kier molecular flexibility index (Phi) is 3.87.